The molecule has 3 rings (SSSR count). The highest BCUT2D eigenvalue weighted by molar-refractivity contribution is 7.91. The van der Waals surface area contributed by atoms with Crippen molar-refractivity contribution >= 4 is 15.7 Å². The van der Waals surface area contributed by atoms with E-state index in [0.29, 0.717) is 31.1 Å². The molecule has 2 aliphatic rings. The number of ether oxygens (including phenoxy) is 3. The summed E-state index contributed by atoms with van der Waals surface area (Å²) in [5.74, 6) is 0.838. The normalized spacial score (nSPS) is 19.6. The Hall–Kier alpha value is -2.77. The van der Waals surface area contributed by atoms with Gasteiger partial charge in [-0.05, 0) is 24.1 Å². The summed E-state index contributed by atoms with van der Waals surface area (Å²) in [4.78, 5) is 14.2. The maximum absolute atomic E-state index is 12.5. The topological polar surface area (TPSA) is 118 Å². The molecular weight excluding hydrogens is 398 g/mol. The van der Waals surface area contributed by atoms with Crippen molar-refractivity contribution in [2.75, 3.05) is 38.6 Å². The predicted molar refractivity (Wildman–Crippen MR) is 104 cm³/mol. The third kappa shape index (κ3) is 5.40. The third-order valence-electron chi connectivity index (χ3n) is 4.78. The number of nitriles is 1. The third-order valence-corrected chi connectivity index (χ3v) is 6.53. The molecule has 1 fully saturated rings. The molecule has 10 heteroatoms. The summed E-state index contributed by atoms with van der Waals surface area (Å²) in [7, 11) is -1.56. The van der Waals surface area contributed by atoms with Crippen LogP contribution in [0.2, 0.25) is 0 Å². The number of benzene rings is 1. The summed E-state index contributed by atoms with van der Waals surface area (Å²) >= 11 is 0. The Morgan fingerprint density at radius 2 is 2.21 bits per heavy atom. The molecular formula is C19H23N3O6S. The van der Waals surface area contributed by atoms with E-state index in [9.17, 15) is 18.5 Å². The maximum atomic E-state index is 12.5. The summed E-state index contributed by atoms with van der Waals surface area (Å²) in [6.45, 7) is 1.12. The van der Waals surface area contributed by atoms with Gasteiger partial charge in [-0.1, -0.05) is 6.07 Å². The van der Waals surface area contributed by atoms with Crippen molar-refractivity contribution in [3.8, 4) is 17.6 Å². The molecule has 0 aliphatic carbocycles. The van der Waals surface area contributed by atoms with Gasteiger partial charge >= 0.3 is 0 Å². The van der Waals surface area contributed by atoms with Crippen LogP contribution in [-0.2, 0) is 25.9 Å². The van der Waals surface area contributed by atoms with Gasteiger partial charge in [0.05, 0.1) is 18.1 Å². The first-order chi connectivity index (χ1) is 13.9. The number of sulfone groups is 1. The second kappa shape index (κ2) is 9.15. The van der Waals surface area contributed by atoms with Gasteiger partial charge in [0.2, 0.25) is 6.79 Å². The smallest absolute Gasteiger partial charge is 0.263 e. The van der Waals surface area contributed by atoms with E-state index in [4.69, 9.17) is 14.2 Å². The van der Waals surface area contributed by atoms with E-state index in [1.54, 1.807) is 23.1 Å². The number of methoxy groups -OCH3 is 1. The van der Waals surface area contributed by atoms with Crippen LogP contribution in [0.25, 0.3) is 0 Å². The van der Waals surface area contributed by atoms with Gasteiger partial charge in [0.1, 0.15) is 11.6 Å². The lowest BCUT2D eigenvalue weighted by molar-refractivity contribution is -0.117. The molecule has 9 nitrogen and oxygen atoms in total. The minimum Gasteiger partial charge on any atom is -0.454 e. The first-order valence-corrected chi connectivity index (χ1v) is 11.0. The average molecular weight is 421 g/mol. The second-order valence-corrected chi connectivity index (χ2v) is 9.04. The van der Waals surface area contributed by atoms with Crippen LogP contribution < -0.4 is 14.8 Å². The van der Waals surface area contributed by atoms with Crippen molar-refractivity contribution in [1.82, 2.24) is 10.2 Å². The number of carbonyl (C=O) groups is 1. The maximum Gasteiger partial charge on any atom is 0.263 e. The molecule has 1 atom stereocenters. The number of amides is 1. The van der Waals surface area contributed by atoms with E-state index in [-0.39, 0.29) is 36.5 Å². The van der Waals surface area contributed by atoms with Crippen LogP contribution in [0.3, 0.4) is 0 Å². The summed E-state index contributed by atoms with van der Waals surface area (Å²) in [6, 6.07) is 6.96. The first kappa shape index (κ1) is 21.0. The van der Waals surface area contributed by atoms with E-state index in [1.165, 1.54) is 13.3 Å². The zero-order valence-corrected chi connectivity index (χ0v) is 16.9. The fourth-order valence-electron chi connectivity index (χ4n) is 3.22. The zero-order valence-electron chi connectivity index (χ0n) is 16.1. The lowest BCUT2D eigenvalue weighted by Gasteiger charge is -2.26. The molecule has 1 unspecified atom stereocenters. The van der Waals surface area contributed by atoms with E-state index in [2.05, 4.69) is 5.32 Å². The summed E-state index contributed by atoms with van der Waals surface area (Å²) in [6.07, 6.45) is 1.89. The van der Waals surface area contributed by atoms with Crippen molar-refractivity contribution in [2.24, 2.45) is 0 Å². The number of hydrogen-bond acceptors (Lipinski definition) is 8. The van der Waals surface area contributed by atoms with Crippen molar-refractivity contribution in [2.45, 2.75) is 19.0 Å². The number of carbonyl (C=O) groups excluding carboxylic acids is 1. The van der Waals surface area contributed by atoms with Crippen LogP contribution in [0.4, 0.5) is 0 Å². The van der Waals surface area contributed by atoms with E-state index < -0.39 is 15.7 Å². The van der Waals surface area contributed by atoms with Crippen molar-refractivity contribution < 1.29 is 27.4 Å². The van der Waals surface area contributed by atoms with E-state index in [1.807, 2.05) is 6.07 Å². The lowest BCUT2D eigenvalue weighted by Crippen LogP contribution is -2.36. The summed E-state index contributed by atoms with van der Waals surface area (Å²) in [5.41, 5.74) is 0.712. The quantitative estimate of drug-likeness (QED) is 0.478. The summed E-state index contributed by atoms with van der Waals surface area (Å²) < 4.78 is 39.3. The summed E-state index contributed by atoms with van der Waals surface area (Å²) in [5, 5.41) is 12.2. The molecule has 156 valence electrons. The zero-order chi connectivity index (χ0) is 20.9. The van der Waals surface area contributed by atoms with Crippen LogP contribution >= 0.6 is 0 Å². The Morgan fingerprint density at radius 1 is 1.41 bits per heavy atom. The van der Waals surface area contributed by atoms with Gasteiger partial charge in [-0.15, -0.1) is 0 Å². The van der Waals surface area contributed by atoms with Gasteiger partial charge < -0.3 is 24.4 Å². The van der Waals surface area contributed by atoms with Gasteiger partial charge in [-0.25, -0.2) is 8.42 Å². The van der Waals surface area contributed by atoms with Crippen LogP contribution in [-0.4, -0.2) is 63.8 Å². The number of hydrogen-bond donors (Lipinski definition) is 1. The Bertz CT molecular complexity index is 938. The van der Waals surface area contributed by atoms with Gasteiger partial charge in [0, 0.05) is 32.4 Å². The molecule has 1 saturated heterocycles. The molecule has 1 amide bonds. The monoisotopic (exact) mass is 421 g/mol. The molecule has 1 N–H and O–H groups in total. The molecule has 1 aromatic carbocycles. The Kier molecular flexibility index (Phi) is 6.61. The number of nitrogens with one attached hydrogen (secondary N) is 1. The van der Waals surface area contributed by atoms with Crippen molar-refractivity contribution in [3.05, 3.63) is 35.5 Å². The molecule has 29 heavy (non-hydrogen) atoms. The number of rotatable bonds is 8. The van der Waals surface area contributed by atoms with Crippen LogP contribution in [0.15, 0.2) is 30.0 Å². The minimum atomic E-state index is -3.10. The molecule has 0 bridgehead atoms. The van der Waals surface area contributed by atoms with Gasteiger partial charge in [0.25, 0.3) is 5.91 Å². The van der Waals surface area contributed by atoms with Crippen LogP contribution in [0, 0.1) is 11.3 Å². The highest BCUT2D eigenvalue weighted by Crippen LogP contribution is 2.32. The predicted octanol–water partition coefficient (Wildman–Crippen LogP) is 0.574. The molecule has 0 saturated carbocycles. The molecule has 0 spiro atoms. The average Bonchev–Trinajstić information content (AvgIpc) is 3.31. The Labute approximate surface area is 169 Å². The SMILES string of the molecule is COCCN(/C=C(/C#N)C(=O)NCc1ccc2c(c1)OCO2)C1CCS(=O)(=O)C1. The fourth-order valence-corrected chi connectivity index (χ4v) is 4.96. The van der Waals surface area contributed by atoms with Crippen molar-refractivity contribution in [3.63, 3.8) is 0 Å². The standard InChI is InChI=1S/C19H23N3O6S/c1-26-6-5-22(16-4-7-29(24,25)12-16)11-15(9-20)19(23)21-10-14-2-3-17-18(8-14)28-13-27-17/h2-3,8,11,16H,4-7,10,12-13H2,1H3,(H,21,23)/b15-11-. The van der Waals surface area contributed by atoms with Crippen LogP contribution in [0.1, 0.15) is 12.0 Å². The molecule has 0 radical (unpaired) electrons. The first-order valence-electron chi connectivity index (χ1n) is 9.15. The van der Waals surface area contributed by atoms with Gasteiger partial charge in [-0.3, -0.25) is 4.79 Å². The molecule has 2 heterocycles. The molecule has 1 aromatic rings. The lowest BCUT2D eigenvalue weighted by atomic mass is 10.2. The number of fused-ring (bicyclic) bond motifs is 1. The highest BCUT2D eigenvalue weighted by Gasteiger charge is 2.31. The molecule has 0 aromatic heterocycles. The number of nitrogens with zero attached hydrogens (tertiary/aromatic N) is 2. The second-order valence-electron chi connectivity index (χ2n) is 6.81. The Balaban J connectivity index is 1.67. The Morgan fingerprint density at radius 3 is 2.90 bits per heavy atom. The fraction of sp³-hybridized carbons (Fsp3) is 0.474. The largest absolute Gasteiger partial charge is 0.454 e. The van der Waals surface area contributed by atoms with Crippen molar-refractivity contribution in [1.29, 1.82) is 5.26 Å². The van der Waals surface area contributed by atoms with Crippen LogP contribution in [0.5, 0.6) is 11.5 Å². The van der Waals surface area contributed by atoms with E-state index in [0.717, 1.165) is 5.56 Å². The minimum absolute atomic E-state index is 0.00470. The molecule has 2 aliphatic heterocycles. The van der Waals surface area contributed by atoms with Gasteiger partial charge in [0.15, 0.2) is 21.3 Å². The highest BCUT2D eigenvalue weighted by atomic mass is 32.2. The van der Waals surface area contributed by atoms with Gasteiger partial charge in [-0.2, -0.15) is 5.26 Å². The van der Waals surface area contributed by atoms with E-state index >= 15 is 0 Å².